The lowest BCUT2D eigenvalue weighted by Crippen LogP contribution is -2.17. The van der Waals surface area contributed by atoms with Crippen LogP contribution in [0, 0.1) is 11.8 Å². The second kappa shape index (κ2) is 2.36. The van der Waals surface area contributed by atoms with Crippen molar-refractivity contribution in [1.29, 1.82) is 0 Å². The molecule has 2 aliphatic rings. The van der Waals surface area contributed by atoms with E-state index in [1.54, 1.807) is 0 Å². The Bertz CT molecular complexity index is 137. The summed E-state index contributed by atoms with van der Waals surface area (Å²) in [6.45, 7) is 0. The molecule has 2 aliphatic carbocycles. The van der Waals surface area contributed by atoms with Gasteiger partial charge in [-0.15, -0.1) is 0 Å². The quantitative estimate of drug-likeness (QED) is 0.360. The molecule has 0 aromatic heterocycles. The number of alkyl halides is 2. The van der Waals surface area contributed by atoms with Crippen LogP contribution >= 0.6 is 45.2 Å². The summed E-state index contributed by atoms with van der Waals surface area (Å²) in [5.74, 6) is 1.83. The molecule has 2 heteroatoms. The summed E-state index contributed by atoms with van der Waals surface area (Å²) in [6, 6.07) is 0. The van der Waals surface area contributed by atoms with Crippen LogP contribution in [-0.2, 0) is 0 Å². The fraction of sp³-hybridized carbons (Fsp3) is 0.714. The predicted octanol–water partition coefficient (Wildman–Crippen LogP) is 2.80. The van der Waals surface area contributed by atoms with Gasteiger partial charge >= 0.3 is 0 Å². The number of hydrogen-bond donors (Lipinski definition) is 0. The van der Waals surface area contributed by atoms with Crippen LogP contribution < -0.4 is 0 Å². The molecule has 0 spiro atoms. The molecule has 0 aromatic rings. The first-order valence-electron chi connectivity index (χ1n) is 3.25. The maximum absolute atomic E-state index is 2.59. The van der Waals surface area contributed by atoms with Crippen molar-refractivity contribution in [2.45, 2.75) is 14.3 Å². The zero-order valence-electron chi connectivity index (χ0n) is 4.93. The largest absolute Gasteiger partial charge is 0.0840 e. The Morgan fingerprint density at radius 2 is 1.44 bits per heavy atom. The van der Waals surface area contributed by atoms with Gasteiger partial charge in [0.1, 0.15) is 0 Å². The van der Waals surface area contributed by atoms with Gasteiger partial charge in [0.05, 0.1) is 0 Å². The van der Waals surface area contributed by atoms with E-state index in [0.717, 1.165) is 19.7 Å². The molecule has 1 saturated carbocycles. The molecule has 0 radical (unpaired) electrons. The summed E-state index contributed by atoms with van der Waals surface area (Å²) in [6.07, 6.45) is 6.23. The Labute approximate surface area is 82.8 Å². The van der Waals surface area contributed by atoms with Crippen LogP contribution in [0.4, 0.5) is 0 Å². The standard InChI is InChI=1S/C7H8I2/c8-6-4-1-2-5(3-4)7(6)9/h1-2,4-7H,3H2/t4-,5+,6+,7-. The third-order valence-electron chi connectivity index (χ3n) is 2.27. The van der Waals surface area contributed by atoms with Crippen LogP contribution in [-0.4, -0.2) is 7.85 Å². The zero-order chi connectivity index (χ0) is 6.43. The first kappa shape index (κ1) is 6.88. The van der Waals surface area contributed by atoms with Gasteiger partial charge < -0.3 is 0 Å². The highest BCUT2D eigenvalue weighted by atomic mass is 127. The molecule has 0 saturated heterocycles. The molecule has 0 aromatic carbocycles. The summed E-state index contributed by atoms with van der Waals surface area (Å²) in [4.78, 5) is 0. The molecule has 4 atom stereocenters. The number of fused-ring (bicyclic) bond motifs is 2. The zero-order valence-corrected chi connectivity index (χ0v) is 9.24. The van der Waals surface area contributed by atoms with Gasteiger partial charge in [-0.2, -0.15) is 0 Å². The lowest BCUT2D eigenvalue weighted by Gasteiger charge is -2.16. The first-order valence-corrected chi connectivity index (χ1v) is 5.74. The third kappa shape index (κ3) is 0.968. The average molecular weight is 346 g/mol. The maximum Gasteiger partial charge on any atom is 0.0296 e. The summed E-state index contributed by atoms with van der Waals surface area (Å²) in [5, 5.41) is 0. The average Bonchev–Trinajstić information content (AvgIpc) is 2.37. The van der Waals surface area contributed by atoms with Crippen molar-refractivity contribution in [3.05, 3.63) is 12.2 Å². The highest BCUT2D eigenvalue weighted by molar-refractivity contribution is 14.1. The minimum atomic E-state index is 0.914. The smallest absolute Gasteiger partial charge is 0.0296 e. The second-order valence-electron chi connectivity index (χ2n) is 2.84. The first-order chi connectivity index (χ1) is 4.29. The van der Waals surface area contributed by atoms with Gasteiger partial charge in [-0.25, -0.2) is 0 Å². The summed E-state index contributed by atoms with van der Waals surface area (Å²) >= 11 is 5.18. The molecular weight excluding hydrogens is 338 g/mol. The summed E-state index contributed by atoms with van der Waals surface area (Å²) in [5.41, 5.74) is 0. The highest BCUT2D eigenvalue weighted by Crippen LogP contribution is 2.47. The normalized spacial score (nSPS) is 54.9. The Morgan fingerprint density at radius 3 is 1.67 bits per heavy atom. The van der Waals surface area contributed by atoms with Gasteiger partial charge in [-0.05, 0) is 18.3 Å². The minimum absolute atomic E-state index is 0.914. The highest BCUT2D eigenvalue weighted by Gasteiger charge is 2.41. The molecular formula is C7H8I2. The van der Waals surface area contributed by atoms with Gasteiger partial charge in [0.2, 0.25) is 0 Å². The molecule has 0 N–H and O–H groups in total. The van der Waals surface area contributed by atoms with Crippen LogP contribution in [0.25, 0.3) is 0 Å². The van der Waals surface area contributed by atoms with E-state index >= 15 is 0 Å². The van der Waals surface area contributed by atoms with Gasteiger partial charge in [-0.1, -0.05) is 57.3 Å². The predicted molar refractivity (Wildman–Crippen MR) is 56.4 cm³/mol. The van der Waals surface area contributed by atoms with E-state index in [1.165, 1.54) is 6.42 Å². The molecule has 0 aliphatic heterocycles. The van der Waals surface area contributed by atoms with E-state index in [4.69, 9.17) is 0 Å². The number of halogens is 2. The van der Waals surface area contributed by atoms with Crippen molar-refractivity contribution in [2.75, 3.05) is 0 Å². The molecule has 1 fully saturated rings. The Hall–Kier alpha value is 1.20. The topological polar surface area (TPSA) is 0 Å². The van der Waals surface area contributed by atoms with E-state index < -0.39 is 0 Å². The van der Waals surface area contributed by atoms with E-state index in [0.29, 0.717) is 0 Å². The maximum atomic E-state index is 2.59. The van der Waals surface area contributed by atoms with Crippen molar-refractivity contribution in [3.63, 3.8) is 0 Å². The fourth-order valence-corrected chi connectivity index (χ4v) is 3.83. The van der Waals surface area contributed by atoms with Crippen molar-refractivity contribution in [2.24, 2.45) is 11.8 Å². The molecule has 0 nitrogen and oxygen atoms in total. The van der Waals surface area contributed by atoms with Crippen LogP contribution in [0.1, 0.15) is 6.42 Å². The lowest BCUT2D eigenvalue weighted by atomic mass is 10.1. The van der Waals surface area contributed by atoms with Crippen LogP contribution in [0.15, 0.2) is 12.2 Å². The van der Waals surface area contributed by atoms with Crippen molar-refractivity contribution in [3.8, 4) is 0 Å². The van der Waals surface area contributed by atoms with Crippen LogP contribution in [0.3, 0.4) is 0 Å². The monoisotopic (exact) mass is 346 g/mol. The van der Waals surface area contributed by atoms with E-state index in [1.807, 2.05) is 0 Å². The number of hydrogen-bond acceptors (Lipinski definition) is 0. The van der Waals surface area contributed by atoms with E-state index in [2.05, 4.69) is 57.3 Å². The van der Waals surface area contributed by atoms with Crippen LogP contribution in [0.5, 0.6) is 0 Å². The minimum Gasteiger partial charge on any atom is -0.0840 e. The number of rotatable bonds is 0. The van der Waals surface area contributed by atoms with Crippen molar-refractivity contribution >= 4 is 45.2 Å². The van der Waals surface area contributed by atoms with E-state index in [9.17, 15) is 0 Å². The van der Waals surface area contributed by atoms with Gasteiger partial charge in [0.25, 0.3) is 0 Å². The molecule has 9 heavy (non-hydrogen) atoms. The van der Waals surface area contributed by atoms with Crippen LogP contribution in [0.2, 0.25) is 0 Å². The van der Waals surface area contributed by atoms with E-state index in [-0.39, 0.29) is 0 Å². The van der Waals surface area contributed by atoms with Gasteiger partial charge in [-0.3, -0.25) is 0 Å². The molecule has 50 valence electrons. The molecule has 0 amide bonds. The fourth-order valence-electron chi connectivity index (χ4n) is 1.70. The Morgan fingerprint density at radius 1 is 1.00 bits per heavy atom. The molecule has 0 unspecified atom stereocenters. The Balaban J connectivity index is 2.26. The lowest BCUT2D eigenvalue weighted by molar-refractivity contribution is 0.702. The number of allylic oxidation sites excluding steroid dienone is 2. The van der Waals surface area contributed by atoms with Crippen molar-refractivity contribution in [1.82, 2.24) is 0 Å². The SMILES string of the molecule is I[C@@H]1[C@H](I)[C@H]2C=C[C@@H]1C2. The second-order valence-corrected chi connectivity index (χ2v) is 5.71. The molecule has 2 bridgehead atoms. The Kier molecular flexibility index (Phi) is 1.80. The van der Waals surface area contributed by atoms with Gasteiger partial charge in [0.15, 0.2) is 0 Å². The van der Waals surface area contributed by atoms with Gasteiger partial charge in [0, 0.05) is 7.85 Å². The molecule has 2 rings (SSSR count). The summed E-state index contributed by atoms with van der Waals surface area (Å²) in [7, 11) is 0. The summed E-state index contributed by atoms with van der Waals surface area (Å²) < 4.78 is 1.83. The molecule has 0 heterocycles. The van der Waals surface area contributed by atoms with Crippen molar-refractivity contribution < 1.29 is 0 Å². The third-order valence-corrected chi connectivity index (χ3v) is 7.05.